The van der Waals surface area contributed by atoms with Crippen molar-refractivity contribution in [2.75, 3.05) is 25.0 Å². The standard InChI is InChI=1S/C24H30N2O3/c1-16-12-17(2)14-26(13-16)23(27)15-29-24(28)20-9-5-6-10-22(20)25-21-11-7-8-18(3)19(21)4/h5-11,16-17,25H,12-15H2,1-4H3/t16-,17-/m1/s1. The van der Waals surface area contributed by atoms with E-state index in [2.05, 4.69) is 32.2 Å². The smallest absolute Gasteiger partial charge is 0.340 e. The van der Waals surface area contributed by atoms with Crippen LogP contribution in [-0.2, 0) is 9.53 Å². The minimum Gasteiger partial charge on any atom is -0.452 e. The van der Waals surface area contributed by atoms with Gasteiger partial charge < -0.3 is 15.0 Å². The predicted molar refractivity (Wildman–Crippen MR) is 115 cm³/mol. The van der Waals surface area contributed by atoms with Crippen molar-refractivity contribution < 1.29 is 14.3 Å². The normalized spacial score (nSPS) is 19.0. The van der Waals surface area contributed by atoms with Crippen LogP contribution in [0, 0.1) is 25.7 Å². The first kappa shape index (κ1) is 20.9. The molecule has 2 aromatic carbocycles. The Balaban J connectivity index is 1.67. The van der Waals surface area contributed by atoms with E-state index in [4.69, 9.17) is 4.74 Å². The minimum absolute atomic E-state index is 0.128. The fraction of sp³-hybridized carbons (Fsp3) is 0.417. The van der Waals surface area contributed by atoms with Crippen LogP contribution in [0.4, 0.5) is 11.4 Å². The topological polar surface area (TPSA) is 58.6 Å². The molecule has 3 rings (SSSR count). The van der Waals surface area contributed by atoms with Gasteiger partial charge in [-0.3, -0.25) is 4.79 Å². The predicted octanol–water partition coefficient (Wildman–Crippen LogP) is 4.71. The Hall–Kier alpha value is -2.82. The molecule has 0 unspecified atom stereocenters. The molecule has 0 radical (unpaired) electrons. The number of nitrogens with one attached hydrogen (secondary N) is 1. The summed E-state index contributed by atoms with van der Waals surface area (Å²) in [7, 11) is 0. The monoisotopic (exact) mass is 394 g/mol. The average Bonchev–Trinajstić information content (AvgIpc) is 2.69. The highest BCUT2D eigenvalue weighted by atomic mass is 16.5. The molecule has 1 saturated heterocycles. The Morgan fingerprint density at radius 1 is 1.00 bits per heavy atom. The Bertz CT molecular complexity index is 883. The molecule has 2 aromatic rings. The maximum absolute atomic E-state index is 12.7. The van der Waals surface area contributed by atoms with Crippen LogP contribution in [0.5, 0.6) is 0 Å². The van der Waals surface area contributed by atoms with Crippen molar-refractivity contribution in [1.29, 1.82) is 0 Å². The maximum Gasteiger partial charge on any atom is 0.340 e. The van der Waals surface area contributed by atoms with E-state index in [1.807, 2.05) is 36.1 Å². The number of para-hydroxylation sites is 1. The lowest BCUT2D eigenvalue weighted by molar-refractivity contribution is -0.137. The fourth-order valence-corrected chi connectivity index (χ4v) is 3.96. The maximum atomic E-state index is 12.7. The second kappa shape index (κ2) is 9.12. The molecule has 5 heteroatoms. The number of carbonyl (C=O) groups excluding carboxylic acids is 2. The zero-order valence-electron chi connectivity index (χ0n) is 17.7. The molecule has 2 atom stereocenters. The van der Waals surface area contributed by atoms with Gasteiger partial charge in [0.15, 0.2) is 6.61 Å². The fourth-order valence-electron chi connectivity index (χ4n) is 3.96. The van der Waals surface area contributed by atoms with Gasteiger partial charge in [-0.15, -0.1) is 0 Å². The number of piperidine rings is 1. The highest BCUT2D eigenvalue weighted by Gasteiger charge is 2.26. The van der Waals surface area contributed by atoms with Gasteiger partial charge in [-0.05, 0) is 61.4 Å². The second-order valence-corrected chi connectivity index (χ2v) is 8.24. The van der Waals surface area contributed by atoms with Gasteiger partial charge in [0, 0.05) is 18.8 Å². The van der Waals surface area contributed by atoms with Crippen molar-refractivity contribution >= 4 is 23.3 Å². The molecule has 0 spiro atoms. The summed E-state index contributed by atoms with van der Waals surface area (Å²) in [6, 6.07) is 13.2. The summed E-state index contributed by atoms with van der Waals surface area (Å²) in [5.74, 6) is 0.323. The van der Waals surface area contributed by atoms with E-state index in [0.29, 0.717) is 23.1 Å². The molecule has 29 heavy (non-hydrogen) atoms. The molecule has 1 amide bonds. The molecule has 5 nitrogen and oxygen atoms in total. The number of esters is 1. The quantitative estimate of drug-likeness (QED) is 0.746. The van der Waals surface area contributed by atoms with Gasteiger partial charge in [0.05, 0.1) is 11.3 Å². The van der Waals surface area contributed by atoms with Gasteiger partial charge >= 0.3 is 5.97 Å². The first-order valence-corrected chi connectivity index (χ1v) is 10.2. The molecule has 0 bridgehead atoms. The van der Waals surface area contributed by atoms with Crippen molar-refractivity contribution in [3.63, 3.8) is 0 Å². The van der Waals surface area contributed by atoms with Gasteiger partial charge in [-0.2, -0.15) is 0 Å². The number of anilines is 2. The van der Waals surface area contributed by atoms with Crippen LogP contribution in [0.15, 0.2) is 42.5 Å². The van der Waals surface area contributed by atoms with Gasteiger partial charge in [-0.25, -0.2) is 4.79 Å². The van der Waals surface area contributed by atoms with Crippen LogP contribution in [-0.4, -0.2) is 36.5 Å². The van der Waals surface area contributed by atoms with Crippen LogP contribution < -0.4 is 5.32 Å². The lowest BCUT2D eigenvalue weighted by Crippen LogP contribution is -2.44. The summed E-state index contributed by atoms with van der Waals surface area (Å²) >= 11 is 0. The minimum atomic E-state index is -0.495. The van der Waals surface area contributed by atoms with Gasteiger partial charge in [0.25, 0.3) is 5.91 Å². The summed E-state index contributed by atoms with van der Waals surface area (Å²) < 4.78 is 5.38. The summed E-state index contributed by atoms with van der Waals surface area (Å²) in [5, 5.41) is 3.33. The second-order valence-electron chi connectivity index (χ2n) is 8.24. The van der Waals surface area contributed by atoms with Crippen molar-refractivity contribution in [2.45, 2.75) is 34.1 Å². The van der Waals surface area contributed by atoms with Gasteiger partial charge in [0.2, 0.25) is 0 Å². The van der Waals surface area contributed by atoms with Crippen LogP contribution >= 0.6 is 0 Å². The van der Waals surface area contributed by atoms with Crippen LogP contribution in [0.3, 0.4) is 0 Å². The van der Waals surface area contributed by atoms with E-state index >= 15 is 0 Å². The molecule has 0 aromatic heterocycles. The third-order valence-corrected chi connectivity index (χ3v) is 5.57. The van der Waals surface area contributed by atoms with E-state index in [1.54, 1.807) is 12.1 Å². The largest absolute Gasteiger partial charge is 0.452 e. The summed E-state index contributed by atoms with van der Waals surface area (Å²) in [6.07, 6.45) is 1.13. The highest BCUT2D eigenvalue weighted by Crippen LogP contribution is 2.26. The lowest BCUT2D eigenvalue weighted by atomic mass is 9.92. The van der Waals surface area contributed by atoms with E-state index < -0.39 is 5.97 Å². The average molecular weight is 395 g/mol. The lowest BCUT2D eigenvalue weighted by Gasteiger charge is -2.34. The van der Waals surface area contributed by atoms with Gasteiger partial charge in [-0.1, -0.05) is 38.1 Å². The number of rotatable bonds is 5. The summed E-state index contributed by atoms with van der Waals surface area (Å²) in [4.78, 5) is 27.0. The number of hydrogen-bond acceptors (Lipinski definition) is 4. The van der Waals surface area contributed by atoms with Crippen molar-refractivity contribution in [3.8, 4) is 0 Å². The number of hydrogen-bond donors (Lipinski definition) is 1. The number of amides is 1. The first-order valence-electron chi connectivity index (χ1n) is 10.2. The third-order valence-electron chi connectivity index (χ3n) is 5.57. The van der Waals surface area contributed by atoms with E-state index in [9.17, 15) is 9.59 Å². The molecule has 1 heterocycles. The number of likely N-dealkylation sites (tertiary alicyclic amines) is 1. The van der Waals surface area contributed by atoms with E-state index in [0.717, 1.165) is 30.8 Å². The number of aryl methyl sites for hydroxylation is 1. The molecule has 1 N–H and O–H groups in total. The Morgan fingerprint density at radius 2 is 1.66 bits per heavy atom. The van der Waals surface area contributed by atoms with Crippen molar-refractivity contribution in [2.24, 2.45) is 11.8 Å². The SMILES string of the molecule is Cc1cccc(Nc2ccccc2C(=O)OCC(=O)N2C[C@H](C)C[C@@H](C)C2)c1C. The number of ether oxygens (including phenoxy) is 1. The third kappa shape index (κ3) is 5.17. The van der Waals surface area contributed by atoms with Crippen molar-refractivity contribution in [3.05, 3.63) is 59.2 Å². The van der Waals surface area contributed by atoms with Gasteiger partial charge in [0.1, 0.15) is 0 Å². The summed E-state index contributed by atoms with van der Waals surface area (Å²) in [6.45, 7) is 9.62. The molecule has 0 saturated carbocycles. The zero-order valence-corrected chi connectivity index (χ0v) is 17.7. The van der Waals surface area contributed by atoms with Crippen LogP contribution in [0.1, 0.15) is 41.8 Å². The number of carbonyl (C=O) groups is 2. The van der Waals surface area contributed by atoms with E-state index in [1.165, 1.54) is 5.56 Å². The molecule has 1 aliphatic heterocycles. The van der Waals surface area contributed by atoms with Crippen molar-refractivity contribution in [1.82, 2.24) is 4.90 Å². The zero-order chi connectivity index (χ0) is 21.0. The van der Waals surface area contributed by atoms with E-state index in [-0.39, 0.29) is 12.5 Å². The molecular formula is C24H30N2O3. The van der Waals surface area contributed by atoms with Crippen LogP contribution in [0.2, 0.25) is 0 Å². The molecule has 1 fully saturated rings. The Kier molecular flexibility index (Phi) is 6.57. The molecule has 154 valence electrons. The highest BCUT2D eigenvalue weighted by molar-refractivity contribution is 5.97. The molecule has 0 aliphatic carbocycles. The number of nitrogens with zero attached hydrogens (tertiary/aromatic N) is 1. The molecular weight excluding hydrogens is 364 g/mol. The number of benzene rings is 2. The summed E-state index contributed by atoms with van der Waals surface area (Å²) in [5.41, 5.74) is 4.32. The Morgan fingerprint density at radius 3 is 2.38 bits per heavy atom. The van der Waals surface area contributed by atoms with Crippen LogP contribution in [0.25, 0.3) is 0 Å². The first-order chi connectivity index (χ1) is 13.8. The Labute approximate surface area is 173 Å². The molecule has 1 aliphatic rings.